The smallest absolute Gasteiger partial charge is 0.184 e. The molecule has 0 atom stereocenters. The normalized spacial score (nSPS) is 16.2. The molecule has 2 rings (SSSR count). The summed E-state index contributed by atoms with van der Waals surface area (Å²) in [6.07, 6.45) is 4.37. The number of rotatable bonds is 4. The van der Waals surface area contributed by atoms with Crippen LogP contribution in [0.25, 0.3) is 0 Å². The third-order valence-electron chi connectivity index (χ3n) is 2.94. The van der Waals surface area contributed by atoms with Crippen LogP contribution >= 0.6 is 12.2 Å². The average Bonchev–Trinajstić information content (AvgIpc) is 2.82. The Labute approximate surface area is 113 Å². The van der Waals surface area contributed by atoms with Crippen molar-refractivity contribution in [1.82, 2.24) is 10.3 Å². The molecule has 1 aliphatic rings. The zero-order chi connectivity index (χ0) is 12.8. The second-order valence-electron chi connectivity index (χ2n) is 4.46. The first-order chi connectivity index (χ1) is 8.74. The van der Waals surface area contributed by atoms with Crippen LogP contribution in [0, 0.1) is 0 Å². The van der Waals surface area contributed by atoms with Gasteiger partial charge in [0.2, 0.25) is 0 Å². The first kappa shape index (κ1) is 13.0. The van der Waals surface area contributed by atoms with E-state index in [1.807, 2.05) is 12.1 Å². The third-order valence-corrected chi connectivity index (χ3v) is 3.04. The predicted octanol–water partition coefficient (Wildman–Crippen LogP) is 1.45. The molecule has 0 bridgehead atoms. The van der Waals surface area contributed by atoms with E-state index in [1.165, 1.54) is 31.5 Å². The molecule has 1 aromatic carbocycles. The lowest BCUT2D eigenvalue weighted by Gasteiger charge is -2.14. The highest BCUT2D eigenvalue weighted by molar-refractivity contribution is 7.80. The van der Waals surface area contributed by atoms with Crippen molar-refractivity contribution in [3.8, 4) is 0 Å². The van der Waals surface area contributed by atoms with E-state index < -0.39 is 0 Å². The van der Waals surface area contributed by atoms with Gasteiger partial charge in [-0.2, -0.15) is 5.10 Å². The Balaban J connectivity index is 1.95. The van der Waals surface area contributed by atoms with Crippen molar-refractivity contribution < 1.29 is 0 Å². The van der Waals surface area contributed by atoms with Crippen LogP contribution in [0.15, 0.2) is 29.4 Å². The van der Waals surface area contributed by atoms with Crippen molar-refractivity contribution in [2.45, 2.75) is 19.4 Å². The van der Waals surface area contributed by atoms with Gasteiger partial charge in [0.25, 0.3) is 0 Å². The zero-order valence-corrected chi connectivity index (χ0v) is 11.1. The number of likely N-dealkylation sites (tertiary alicyclic amines) is 1. The van der Waals surface area contributed by atoms with Gasteiger partial charge >= 0.3 is 0 Å². The molecule has 1 aliphatic heterocycles. The SMILES string of the molecule is NC(=S)NN=Cc1cccc(CN2CCCC2)c1. The molecule has 0 aliphatic carbocycles. The van der Waals surface area contributed by atoms with Crippen LogP contribution < -0.4 is 11.2 Å². The second-order valence-corrected chi connectivity index (χ2v) is 4.90. The fourth-order valence-corrected chi connectivity index (χ4v) is 2.19. The van der Waals surface area contributed by atoms with Gasteiger partial charge in [-0.05, 0) is 55.3 Å². The minimum absolute atomic E-state index is 0.180. The topological polar surface area (TPSA) is 53.6 Å². The lowest BCUT2D eigenvalue weighted by atomic mass is 10.1. The van der Waals surface area contributed by atoms with Crippen molar-refractivity contribution in [3.63, 3.8) is 0 Å². The van der Waals surface area contributed by atoms with E-state index in [1.54, 1.807) is 6.21 Å². The summed E-state index contributed by atoms with van der Waals surface area (Å²) in [5.74, 6) is 0. The highest BCUT2D eigenvalue weighted by Gasteiger charge is 2.11. The summed E-state index contributed by atoms with van der Waals surface area (Å²) in [4.78, 5) is 2.48. The molecule has 1 aromatic rings. The van der Waals surface area contributed by atoms with E-state index >= 15 is 0 Å². The quantitative estimate of drug-likeness (QED) is 0.490. The van der Waals surface area contributed by atoms with Gasteiger partial charge in [-0.25, -0.2) is 0 Å². The number of nitrogens with two attached hydrogens (primary N) is 1. The van der Waals surface area contributed by atoms with Crippen LogP contribution in [0.2, 0.25) is 0 Å². The molecule has 1 fully saturated rings. The van der Waals surface area contributed by atoms with Crippen LogP contribution in [0.3, 0.4) is 0 Å². The molecule has 18 heavy (non-hydrogen) atoms. The van der Waals surface area contributed by atoms with Crippen molar-refractivity contribution in [3.05, 3.63) is 35.4 Å². The molecule has 4 nitrogen and oxygen atoms in total. The number of hydrogen-bond acceptors (Lipinski definition) is 3. The molecule has 1 heterocycles. The molecule has 96 valence electrons. The summed E-state index contributed by atoms with van der Waals surface area (Å²) in [5, 5.41) is 4.14. The standard InChI is InChI=1S/C13H18N4S/c14-13(18)16-15-9-11-4-3-5-12(8-11)10-17-6-1-2-7-17/h3-5,8-9H,1-2,6-7,10H2,(H3,14,16,18). The van der Waals surface area contributed by atoms with Gasteiger partial charge in [0.1, 0.15) is 0 Å². The van der Waals surface area contributed by atoms with Gasteiger partial charge in [0.15, 0.2) is 5.11 Å². The molecule has 0 amide bonds. The summed E-state index contributed by atoms with van der Waals surface area (Å²) >= 11 is 4.68. The van der Waals surface area contributed by atoms with Crippen molar-refractivity contribution >= 4 is 23.5 Å². The third kappa shape index (κ3) is 4.09. The number of hydrazone groups is 1. The number of nitrogens with one attached hydrogen (secondary N) is 1. The fraction of sp³-hybridized carbons (Fsp3) is 0.385. The minimum Gasteiger partial charge on any atom is -0.375 e. The van der Waals surface area contributed by atoms with E-state index in [0.29, 0.717) is 0 Å². The molecule has 5 heteroatoms. The van der Waals surface area contributed by atoms with E-state index in [9.17, 15) is 0 Å². The Bertz CT molecular complexity index is 438. The Kier molecular flexibility index (Phi) is 4.66. The molecule has 0 unspecified atom stereocenters. The molecule has 3 N–H and O–H groups in total. The molecule has 1 saturated heterocycles. The summed E-state index contributed by atoms with van der Waals surface area (Å²) in [7, 11) is 0. The molecule has 0 saturated carbocycles. The van der Waals surface area contributed by atoms with Crippen LogP contribution in [0.4, 0.5) is 0 Å². The van der Waals surface area contributed by atoms with Crippen molar-refractivity contribution in [2.24, 2.45) is 10.8 Å². The van der Waals surface area contributed by atoms with E-state index in [0.717, 1.165) is 12.1 Å². The molecule has 0 radical (unpaired) electrons. The van der Waals surface area contributed by atoms with Gasteiger partial charge in [-0.3, -0.25) is 10.3 Å². The van der Waals surface area contributed by atoms with Gasteiger partial charge in [0, 0.05) is 6.54 Å². The maximum absolute atomic E-state index is 5.30. The summed E-state index contributed by atoms with van der Waals surface area (Å²) in [6.45, 7) is 3.44. The highest BCUT2D eigenvalue weighted by atomic mass is 32.1. The lowest BCUT2D eigenvalue weighted by Crippen LogP contribution is -2.24. The number of hydrogen-bond donors (Lipinski definition) is 2. The minimum atomic E-state index is 0.180. The molecular weight excluding hydrogens is 244 g/mol. The summed E-state index contributed by atoms with van der Waals surface area (Å²) < 4.78 is 0. The highest BCUT2D eigenvalue weighted by Crippen LogP contribution is 2.13. The largest absolute Gasteiger partial charge is 0.375 e. The first-order valence-corrected chi connectivity index (χ1v) is 6.55. The zero-order valence-electron chi connectivity index (χ0n) is 10.3. The maximum atomic E-state index is 5.30. The van der Waals surface area contributed by atoms with Crippen LogP contribution in [0.1, 0.15) is 24.0 Å². The number of thiocarbonyl (C=S) groups is 1. The Morgan fingerprint density at radius 3 is 2.94 bits per heavy atom. The number of benzene rings is 1. The molecule has 0 aromatic heterocycles. The Hall–Kier alpha value is -1.46. The van der Waals surface area contributed by atoms with Gasteiger partial charge in [-0.1, -0.05) is 18.2 Å². The summed E-state index contributed by atoms with van der Waals surface area (Å²) in [5.41, 5.74) is 10.2. The fourth-order valence-electron chi connectivity index (χ4n) is 2.14. The van der Waals surface area contributed by atoms with Gasteiger partial charge in [0.05, 0.1) is 6.21 Å². The predicted molar refractivity (Wildman–Crippen MR) is 78.5 cm³/mol. The molecule has 0 spiro atoms. The lowest BCUT2D eigenvalue weighted by molar-refractivity contribution is 0.331. The number of nitrogens with zero attached hydrogens (tertiary/aromatic N) is 2. The van der Waals surface area contributed by atoms with Gasteiger partial charge in [-0.15, -0.1) is 0 Å². The molecular formula is C13H18N4S. The Morgan fingerprint density at radius 2 is 2.22 bits per heavy atom. The average molecular weight is 262 g/mol. The van der Waals surface area contributed by atoms with E-state index in [4.69, 9.17) is 5.73 Å². The summed E-state index contributed by atoms with van der Waals surface area (Å²) in [6, 6.07) is 8.35. The maximum Gasteiger partial charge on any atom is 0.184 e. The first-order valence-electron chi connectivity index (χ1n) is 6.14. The Morgan fingerprint density at radius 1 is 1.44 bits per heavy atom. The van der Waals surface area contributed by atoms with E-state index in [2.05, 4.69) is 39.8 Å². The van der Waals surface area contributed by atoms with E-state index in [-0.39, 0.29) is 5.11 Å². The van der Waals surface area contributed by atoms with Crippen LogP contribution in [-0.4, -0.2) is 29.3 Å². The second kappa shape index (κ2) is 6.47. The monoisotopic (exact) mass is 262 g/mol. The van der Waals surface area contributed by atoms with Crippen LogP contribution in [-0.2, 0) is 6.54 Å². The van der Waals surface area contributed by atoms with Crippen molar-refractivity contribution in [2.75, 3.05) is 13.1 Å². The van der Waals surface area contributed by atoms with Gasteiger partial charge < -0.3 is 5.73 Å². The van der Waals surface area contributed by atoms with Crippen LogP contribution in [0.5, 0.6) is 0 Å². The van der Waals surface area contributed by atoms with Crippen molar-refractivity contribution in [1.29, 1.82) is 0 Å².